The van der Waals surface area contributed by atoms with E-state index in [4.69, 9.17) is 4.74 Å². The Hall–Kier alpha value is -0.850. The number of piperazine rings is 1. The Labute approximate surface area is 127 Å². The maximum Gasteiger partial charge on any atom is 0.410 e. The number of aliphatic hydroxyl groups excluding tert-OH is 1. The molecule has 0 saturated carbocycles. The van der Waals surface area contributed by atoms with E-state index in [0.29, 0.717) is 6.04 Å². The first kappa shape index (κ1) is 16.5. The number of likely N-dealkylation sites (N-methyl/N-ethyl adjacent to an activating group) is 1. The van der Waals surface area contributed by atoms with E-state index >= 15 is 0 Å². The van der Waals surface area contributed by atoms with E-state index in [1.165, 1.54) is 0 Å². The van der Waals surface area contributed by atoms with Gasteiger partial charge in [0.25, 0.3) is 0 Å². The van der Waals surface area contributed by atoms with Crippen molar-refractivity contribution in [1.29, 1.82) is 0 Å². The number of amides is 1. The van der Waals surface area contributed by atoms with Gasteiger partial charge in [-0.3, -0.25) is 9.80 Å². The molecule has 2 rings (SSSR count). The van der Waals surface area contributed by atoms with Crippen LogP contribution in [0, 0.1) is 0 Å². The lowest BCUT2D eigenvalue weighted by molar-refractivity contribution is 0.0218. The SMILES string of the molecule is CN1CCN([C@@H]2CCN(C(=O)OC(C)(C)C)C2)C[C@@H]1CO. The van der Waals surface area contributed by atoms with E-state index in [9.17, 15) is 9.90 Å². The number of carbonyl (C=O) groups is 1. The second-order valence-corrected chi connectivity index (χ2v) is 7.18. The zero-order chi connectivity index (χ0) is 15.6. The van der Waals surface area contributed by atoms with Crippen LogP contribution in [0.15, 0.2) is 0 Å². The fourth-order valence-corrected chi connectivity index (χ4v) is 3.03. The molecule has 0 aromatic heterocycles. The van der Waals surface area contributed by atoms with E-state index < -0.39 is 5.60 Å². The van der Waals surface area contributed by atoms with Gasteiger partial charge < -0.3 is 14.7 Å². The molecule has 21 heavy (non-hydrogen) atoms. The lowest BCUT2D eigenvalue weighted by Crippen LogP contribution is -2.56. The summed E-state index contributed by atoms with van der Waals surface area (Å²) in [6, 6.07) is 0.592. The molecule has 2 heterocycles. The highest BCUT2D eigenvalue weighted by atomic mass is 16.6. The van der Waals surface area contributed by atoms with E-state index in [2.05, 4.69) is 16.8 Å². The molecule has 1 N–H and O–H groups in total. The minimum atomic E-state index is -0.439. The van der Waals surface area contributed by atoms with Gasteiger partial charge in [-0.2, -0.15) is 0 Å². The normalized spacial score (nSPS) is 28.9. The van der Waals surface area contributed by atoms with Crippen molar-refractivity contribution in [3.05, 3.63) is 0 Å². The molecule has 0 aromatic carbocycles. The summed E-state index contributed by atoms with van der Waals surface area (Å²) < 4.78 is 5.44. The molecule has 0 unspecified atom stereocenters. The lowest BCUT2D eigenvalue weighted by Gasteiger charge is -2.41. The van der Waals surface area contributed by atoms with Crippen molar-refractivity contribution < 1.29 is 14.6 Å². The number of carbonyl (C=O) groups excluding carboxylic acids is 1. The van der Waals surface area contributed by atoms with Gasteiger partial charge in [-0.05, 0) is 34.2 Å². The van der Waals surface area contributed by atoms with Crippen molar-refractivity contribution >= 4 is 6.09 Å². The third-order valence-corrected chi connectivity index (χ3v) is 4.35. The zero-order valence-corrected chi connectivity index (χ0v) is 13.7. The summed E-state index contributed by atoms with van der Waals surface area (Å²) >= 11 is 0. The van der Waals surface area contributed by atoms with Gasteiger partial charge >= 0.3 is 6.09 Å². The van der Waals surface area contributed by atoms with Crippen LogP contribution in [0.5, 0.6) is 0 Å². The van der Waals surface area contributed by atoms with Crippen LogP contribution in [0.3, 0.4) is 0 Å². The molecule has 1 amide bonds. The molecule has 2 saturated heterocycles. The predicted octanol–water partition coefficient (Wildman–Crippen LogP) is 0.604. The van der Waals surface area contributed by atoms with E-state index in [1.807, 2.05) is 25.7 Å². The Balaban J connectivity index is 1.86. The summed E-state index contributed by atoms with van der Waals surface area (Å²) in [6.45, 7) is 10.2. The predicted molar refractivity (Wildman–Crippen MR) is 81.3 cm³/mol. The Morgan fingerprint density at radius 3 is 2.57 bits per heavy atom. The zero-order valence-electron chi connectivity index (χ0n) is 13.7. The van der Waals surface area contributed by atoms with Gasteiger partial charge in [0.2, 0.25) is 0 Å². The third-order valence-electron chi connectivity index (χ3n) is 4.35. The van der Waals surface area contributed by atoms with Crippen LogP contribution in [-0.2, 0) is 4.74 Å². The Morgan fingerprint density at radius 2 is 1.95 bits per heavy atom. The number of nitrogens with zero attached hydrogens (tertiary/aromatic N) is 3. The monoisotopic (exact) mass is 299 g/mol. The molecule has 0 spiro atoms. The van der Waals surface area contributed by atoms with Crippen LogP contribution < -0.4 is 0 Å². The van der Waals surface area contributed by atoms with Crippen LogP contribution in [0.25, 0.3) is 0 Å². The fraction of sp³-hybridized carbons (Fsp3) is 0.933. The van der Waals surface area contributed by atoms with Crippen molar-refractivity contribution in [2.45, 2.75) is 44.9 Å². The van der Waals surface area contributed by atoms with Crippen LogP contribution in [-0.4, -0.2) is 90.0 Å². The summed E-state index contributed by atoms with van der Waals surface area (Å²) in [5.41, 5.74) is -0.439. The first-order chi connectivity index (χ1) is 9.80. The van der Waals surface area contributed by atoms with Crippen LogP contribution in [0.1, 0.15) is 27.2 Å². The number of rotatable bonds is 2. The summed E-state index contributed by atoms with van der Waals surface area (Å²) in [6.07, 6.45) is 0.777. The van der Waals surface area contributed by atoms with E-state index in [0.717, 1.165) is 39.1 Å². The first-order valence-corrected chi connectivity index (χ1v) is 7.83. The number of aliphatic hydroxyl groups is 1. The van der Waals surface area contributed by atoms with Crippen molar-refractivity contribution in [2.24, 2.45) is 0 Å². The average molecular weight is 299 g/mol. The third kappa shape index (κ3) is 4.31. The smallest absolute Gasteiger partial charge is 0.410 e. The van der Waals surface area contributed by atoms with Crippen molar-refractivity contribution in [3.63, 3.8) is 0 Å². The minimum Gasteiger partial charge on any atom is -0.444 e. The van der Waals surface area contributed by atoms with Gasteiger partial charge in [0, 0.05) is 44.8 Å². The van der Waals surface area contributed by atoms with E-state index in [1.54, 1.807) is 0 Å². The molecule has 2 aliphatic rings. The molecular weight excluding hydrogens is 270 g/mol. The molecule has 0 aromatic rings. The fourth-order valence-electron chi connectivity index (χ4n) is 3.03. The molecule has 0 aliphatic carbocycles. The molecule has 2 aliphatic heterocycles. The topological polar surface area (TPSA) is 56.2 Å². The van der Waals surface area contributed by atoms with Crippen LogP contribution in [0.4, 0.5) is 4.79 Å². The molecular formula is C15H29N3O3. The standard InChI is InChI=1S/C15H29N3O3/c1-15(2,3)21-14(20)18-6-5-12(9-18)17-8-7-16(4)13(10-17)11-19/h12-13,19H,5-11H2,1-4H3/t12-,13-/m1/s1. The number of likely N-dealkylation sites (tertiary alicyclic amines) is 1. The van der Waals surface area contributed by atoms with Gasteiger partial charge in [-0.15, -0.1) is 0 Å². The maximum atomic E-state index is 12.1. The van der Waals surface area contributed by atoms with Crippen molar-refractivity contribution in [3.8, 4) is 0 Å². The van der Waals surface area contributed by atoms with Crippen LogP contribution in [0.2, 0.25) is 0 Å². The molecule has 2 fully saturated rings. The minimum absolute atomic E-state index is 0.190. The Bertz CT molecular complexity index is 370. The Morgan fingerprint density at radius 1 is 1.24 bits per heavy atom. The maximum absolute atomic E-state index is 12.1. The Kier molecular flexibility index (Phi) is 5.11. The molecule has 2 atom stereocenters. The summed E-state index contributed by atoms with van der Waals surface area (Å²) in [4.78, 5) is 18.5. The molecule has 0 radical (unpaired) electrons. The lowest BCUT2D eigenvalue weighted by atomic mass is 10.1. The van der Waals surface area contributed by atoms with Crippen molar-refractivity contribution in [2.75, 3.05) is 46.4 Å². The van der Waals surface area contributed by atoms with Gasteiger partial charge in [0.15, 0.2) is 0 Å². The highest BCUT2D eigenvalue weighted by Gasteiger charge is 2.35. The summed E-state index contributed by atoms with van der Waals surface area (Å²) in [7, 11) is 2.06. The highest BCUT2D eigenvalue weighted by Crippen LogP contribution is 2.21. The number of hydrogen-bond acceptors (Lipinski definition) is 5. The van der Waals surface area contributed by atoms with Gasteiger partial charge in [-0.1, -0.05) is 0 Å². The highest BCUT2D eigenvalue weighted by molar-refractivity contribution is 5.68. The van der Waals surface area contributed by atoms with Crippen LogP contribution >= 0.6 is 0 Å². The molecule has 122 valence electrons. The summed E-state index contributed by atoms with van der Waals surface area (Å²) in [5.74, 6) is 0. The first-order valence-electron chi connectivity index (χ1n) is 7.83. The van der Waals surface area contributed by atoms with Gasteiger partial charge in [0.05, 0.1) is 6.61 Å². The van der Waals surface area contributed by atoms with Gasteiger partial charge in [-0.25, -0.2) is 4.79 Å². The second kappa shape index (κ2) is 6.50. The molecule has 6 nitrogen and oxygen atoms in total. The number of hydrogen-bond donors (Lipinski definition) is 1. The van der Waals surface area contributed by atoms with E-state index in [-0.39, 0.29) is 18.7 Å². The van der Waals surface area contributed by atoms with Crippen molar-refractivity contribution in [1.82, 2.24) is 14.7 Å². The average Bonchev–Trinajstić information content (AvgIpc) is 2.87. The van der Waals surface area contributed by atoms with Gasteiger partial charge in [0.1, 0.15) is 5.60 Å². The largest absolute Gasteiger partial charge is 0.444 e. The molecule has 0 bridgehead atoms. The summed E-state index contributed by atoms with van der Waals surface area (Å²) in [5, 5.41) is 9.44. The molecule has 6 heteroatoms. The second-order valence-electron chi connectivity index (χ2n) is 7.18. The quantitative estimate of drug-likeness (QED) is 0.809. The number of ether oxygens (including phenoxy) is 1.